The normalized spacial score (nSPS) is 12.8. The van der Waals surface area contributed by atoms with Gasteiger partial charge in [-0.1, -0.05) is 29.8 Å². The number of imidazole rings is 1. The van der Waals surface area contributed by atoms with Gasteiger partial charge in [0.05, 0.1) is 23.4 Å². The summed E-state index contributed by atoms with van der Waals surface area (Å²) in [5.74, 6) is -0.380. The van der Waals surface area contributed by atoms with Crippen molar-refractivity contribution in [2.45, 2.75) is 12.6 Å². The van der Waals surface area contributed by atoms with E-state index in [1.807, 2.05) is 28.8 Å². The second-order valence-corrected chi connectivity index (χ2v) is 5.09. The van der Waals surface area contributed by atoms with Crippen molar-refractivity contribution in [2.75, 3.05) is 0 Å². The molecule has 0 amide bonds. The van der Waals surface area contributed by atoms with E-state index in [0.717, 1.165) is 11.0 Å². The quantitative estimate of drug-likeness (QED) is 0.801. The van der Waals surface area contributed by atoms with E-state index in [2.05, 4.69) is 4.98 Å². The standard InChI is InChI=1S/C15H13ClFN3/c16-10-5-6-11(12(17)7-10)13(18)8-20-9-19-14-3-1-2-4-15(14)20/h1-7,9,13H,8,18H2. The van der Waals surface area contributed by atoms with Crippen LogP contribution >= 0.6 is 11.6 Å². The fourth-order valence-electron chi connectivity index (χ4n) is 2.27. The van der Waals surface area contributed by atoms with Crippen LogP contribution in [0.5, 0.6) is 0 Å². The summed E-state index contributed by atoms with van der Waals surface area (Å²) in [6.45, 7) is 0.457. The fraction of sp³-hybridized carbons (Fsp3) is 0.133. The Hall–Kier alpha value is -1.91. The van der Waals surface area contributed by atoms with Crippen LogP contribution in [0.4, 0.5) is 4.39 Å². The number of hydrogen-bond donors (Lipinski definition) is 1. The first-order chi connectivity index (χ1) is 9.65. The maximum absolute atomic E-state index is 13.9. The van der Waals surface area contributed by atoms with Crippen LogP contribution in [0.2, 0.25) is 5.02 Å². The van der Waals surface area contributed by atoms with Crippen LogP contribution in [0.25, 0.3) is 11.0 Å². The summed E-state index contributed by atoms with van der Waals surface area (Å²) in [6, 6.07) is 11.9. The molecule has 2 aromatic carbocycles. The monoisotopic (exact) mass is 289 g/mol. The minimum atomic E-state index is -0.454. The Morgan fingerprint density at radius 3 is 2.85 bits per heavy atom. The van der Waals surface area contributed by atoms with Crippen molar-refractivity contribution in [1.29, 1.82) is 0 Å². The summed E-state index contributed by atoms with van der Waals surface area (Å²) >= 11 is 5.75. The molecule has 0 fully saturated rings. The molecule has 0 aliphatic rings. The van der Waals surface area contributed by atoms with Gasteiger partial charge in [-0.2, -0.15) is 0 Å². The largest absolute Gasteiger partial charge is 0.329 e. The van der Waals surface area contributed by atoms with Crippen LogP contribution in [0, 0.1) is 5.82 Å². The number of benzene rings is 2. The highest BCUT2D eigenvalue weighted by molar-refractivity contribution is 6.30. The molecular formula is C15H13ClFN3. The van der Waals surface area contributed by atoms with Crippen molar-refractivity contribution >= 4 is 22.6 Å². The van der Waals surface area contributed by atoms with E-state index in [0.29, 0.717) is 17.1 Å². The van der Waals surface area contributed by atoms with Gasteiger partial charge < -0.3 is 10.3 Å². The third-order valence-electron chi connectivity index (χ3n) is 3.28. The number of fused-ring (bicyclic) bond motifs is 1. The van der Waals surface area contributed by atoms with Crippen molar-refractivity contribution < 1.29 is 4.39 Å². The molecule has 1 atom stereocenters. The van der Waals surface area contributed by atoms with E-state index < -0.39 is 6.04 Å². The summed E-state index contributed by atoms with van der Waals surface area (Å²) in [6.07, 6.45) is 1.72. The van der Waals surface area contributed by atoms with Gasteiger partial charge in [-0.3, -0.25) is 0 Å². The number of hydrogen-bond acceptors (Lipinski definition) is 2. The third kappa shape index (κ3) is 2.40. The Morgan fingerprint density at radius 2 is 2.05 bits per heavy atom. The van der Waals surface area contributed by atoms with Crippen LogP contribution in [-0.2, 0) is 6.54 Å². The minimum absolute atomic E-state index is 0.367. The molecule has 0 aliphatic heterocycles. The van der Waals surface area contributed by atoms with Gasteiger partial charge >= 0.3 is 0 Å². The lowest BCUT2D eigenvalue weighted by Gasteiger charge is -2.14. The number of nitrogens with two attached hydrogens (primary N) is 1. The molecule has 2 N–H and O–H groups in total. The zero-order valence-corrected chi connectivity index (χ0v) is 11.4. The molecule has 1 aromatic heterocycles. The van der Waals surface area contributed by atoms with Gasteiger partial charge in [0.2, 0.25) is 0 Å². The van der Waals surface area contributed by atoms with Crippen LogP contribution in [0.15, 0.2) is 48.8 Å². The van der Waals surface area contributed by atoms with Crippen LogP contribution in [0.3, 0.4) is 0 Å². The van der Waals surface area contributed by atoms with Crippen LogP contribution < -0.4 is 5.73 Å². The SMILES string of the molecule is NC(Cn1cnc2ccccc21)c1ccc(Cl)cc1F. The first-order valence-corrected chi connectivity index (χ1v) is 6.63. The lowest BCUT2D eigenvalue weighted by atomic mass is 10.1. The number of halogens is 2. The number of rotatable bonds is 3. The molecule has 0 spiro atoms. The molecular weight excluding hydrogens is 277 g/mol. The number of aromatic nitrogens is 2. The second kappa shape index (κ2) is 5.23. The van der Waals surface area contributed by atoms with Crippen molar-refractivity contribution in [3.05, 3.63) is 65.2 Å². The zero-order valence-electron chi connectivity index (χ0n) is 10.6. The average molecular weight is 290 g/mol. The van der Waals surface area contributed by atoms with Gasteiger partial charge in [0, 0.05) is 17.1 Å². The van der Waals surface area contributed by atoms with Crippen molar-refractivity contribution in [1.82, 2.24) is 9.55 Å². The first kappa shape index (κ1) is 13.1. The Bertz CT molecular complexity index is 754. The van der Waals surface area contributed by atoms with Crippen LogP contribution in [-0.4, -0.2) is 9.55 Å². The van der Waals surface area contributed by atoms with Gasteiger partial charge in [-0.25, -0.2) is 9.37 Å². The second-order valence-electron chi connectivity index (χ2n) is 4.66. The molecule has 0 saturated heterocycles. The fourth-order valence-corrected chi connectivity index (χ4v) is 2.43. The highest BCUT2D eigenvalue weighted by atomic mass is 35.5. The molecule has 3 nitrogen and oxygen atoms in total. The third-order valence-corrected chi connectivity index (χ3v) is 3.52. The lowest BCUT2D eigenvalue weighted by molar-refractivity contribution is 0.538. The van der Waals surface area contributed by atoms with E-state index in [1.54, 1.807) is 18.5 Å². The van der Waals surface area contributed by atoms with Crippen LogP contribution in [0.1, 0.15) is 11.6 Å². The van der Waals surface area contributed by atoms with Crippen molar-refractivity contribution in [3.8, 4) is 0 Å². The molecule has 1 heterocycles. The zero-order chi connectivity index (χ0) is 14.1. The predicted octanol–water partition coefficient (Wildman–Crippen LogP) is 3.53. The molecule has 102 valence electrons. The Kier molecular flexibility index (Phi) is 3.42. The summed E-state index contributed by atoms with van der Waals surface area (Å²) in [4.78, 5) is 4.29. The molecule has 20 heavy (non-hydrogen) atoms. The van der Waals surface area contributed by atoms with Gasteiger partial charge in [0.1, 0.15) is 5.82 Å². The van der Waals surface area contributed by atoms with Crippen molar-refractivity contribution in [2.24, 2.45) is 5.73 Å². The molecule has 1 unspecified atom stereocenters. The van der Waals surface area contributed by atoms with E-state index in [1.165, 1.54) is 6.07 Å². The topological polar surface area (TPSA) is 43.8 Å². The predicted molar refractivity (Wildman–Crippen MR) is 78.1 cm³/mol. The Balaban J connectivity index is 1.90. The van der Waals surface area contributed by atoms with E-state index in [-0.39, 0.29) is 5.82 Å². The Morgan fingerprint density at radius 1 is 1.25 bits per heavy atom. The first-order valence-electron chi connectivity index (χ1n) is 6.25. The summed E-state index contributed by atoms with van der Waals surface area (Å²) in [7, 11) is 0. The molecule has 0 aliphatic carbocycles. The van der Waals surface area contributed by atoms with Gasteiger partial charge in [-0.15, -0.1) is 0 Å². The van der Waals surface area contributed by atoms with E-state index in [4.69, 9.17) is 17.3 Å². The summed E-state index contributed by atoms with van der Waals surface area (Å²) in [5.41, 5.74) is 8.43. The van der Waals surface area contributed by atoms with Gasteiger partial charge in [0.15, 0.2) is 0 Å². The van der Waals surface area contributed by atoms with Gasteiger partial charge in [0.25, 0.3) is 0 Å². The maximum Gasteiger partial charge on any atom is 0.129 e. The highest BCUT2D eigenvalue weighted by Crippen LogP contribution is 2.22. The summed E-state index contributed by atoms with van der Waals surface area (Å²) in [5, 5.41) is 0.367. The van der Waals surface area contributed by atoms with E-state index in [9.17, 15) is 4.39 Å². The minimum Gasteiger partial charge on any atom is -0.329 e. The van der Waals surface area contributed by atoms with Crippen molar-refractivity contribution in [3.63, 3.8) is 0 Å². The molecule has 0 radical (unpaired) electrons. The molecule has 3 aromatic rings. The van der Waals surface area contributed by atoms with E-state index >= 15 is 0 Å². The molecule has 0 saturated carbocycles. The lowest BCUT2D eigenvalue weighted by Crippen LogP contribution is -2.18. The number of para-hydroxylation sites is 2. The molecule has 0 bridgehead atoms. The van der Waals surface area contributed by atoms with Gasteiger partial charge in [-0.05, 0) is 24.3 Å². The Labute approximate surface area is 120 Å². The highest BCUT2D eigenvalue weighted by Gasteiger charge is 2.13. The smallest absolute Gasteiger partial charge is 0.129 e. The maximum atomic E-state index is 13.9. The average Bonchev–Trinajstić information content (AvgIpc) is 2.82. The molecule has 5 heteroatoms. The summed E-state index contributed by atoms with van der Waals surface area (Å²) < 4.78 is 15.8. The molecule has 3 rings (SSSR count). The number of nitrogens with zero attached hydrogens (tertiary/aromatic N) is 2.